The third kappa shape index (κ3) is 1.32. The fraction of sp³-hybridized carbons (Fsp3) is 0.500. The van der Waals surface area contributed by atoms with Crippen LogP contribution in [-0.2, 0) is 10.2 Å². The molecule has 0 radical (unpaired) electrons. The Bertz CT molecular complexity index is 499. The molecule has 18 heavy (non-hydrogen) atoms. The molecule has 1 unspecified atom stereocenters. The van der Waals surface area contributed by atoms with E-state index in [0.29, 0.717) is 18.6 Å². The normalized spacial score (nSPS) is 33.4. The number of nitrogens with zero attached hydrogens (tertiary/aromatic N) is 1. The molecule has 1 N–H and O–H groups in total. The van der Waals surface area contributed by atoms with E-state index in [2.05, 4.69) is 17.4 Å². The second kappa shape index (κ2) is 3.48. The van der Waals surface area contributed by atoms with E-state index in [1.165, 1.54) is 12.0 Å². The minimum absolute atomic E-state index is 0.229. The molecule has 3 fully saturated rings. The Morgan fingerprint density at radius 3 is 2.72 bits per heavy atom. The molecule has 1 saturated carbocycles. The van der Waals surface area contributed by atoms with Crippen molar-refractivity contribution in [2.45, 2.75) is 11.8 Å². The second-order valence-corrected chi connectivity index (χ2v) is 5.50. The molecule has 0 bridgehead atoms. The number of hydrogen-bond donors (Lipinski definition) is 1. The lowest BCUT2D eigenvalue weighted by Crippen LogP contribution is -2.23. The van der Waals surface area contributed by atoms with Crippen molar-refractivity contribution < 1.29 is 9.53 Å². The summed E-state index contributed by atoms with van der Waals surface area (Å²) in [6, 6.07) is 8.44. The minimum atomic E-state index is -0.229. The van der Waals surface area contributed by atoms with Gasteiger partial charge in [0.25, 0.3) is 0 Å². The lowest BCUT2D eigenvalue weighted by atomic mass is 9.95. The summed E-state index contributed by atoms with van der Waals surface area (Å²) < 4.78 is 4.95. The van der Waals surface area contributed by atoms with Crippen molar-refractivity contribution in [1.29, 1.82) is 0 Å². The van der Waals surface area contributed by atoms with Crippen LogP contribution in [0.2, 0.25) is 0 Å². The van der Waals surface area contributed by atoms with E-state index in [0.717, 1.165) is 24.7 Å². The number of rotatable bonds is 2. The summed E-state index contributed by atoms with van der Waals surface area (Å²) >= 11 is 0. The van der Waals surface area contributed by atoms with Gasteiger partial charge in [-0.3, -0.25) is 4.90 Å². The molecule has 0 aromatic heterocycles. The first-order valence-corrected chi connectivity index (χ1v) is 6.55. The topological polar surface area (TPSA) is 41.6 Å². The smallest absolute Gasteiger partial charge is 0.414 e. The van der Waals surface area contributed by atoms with Crippen LogP contribution in [-0.4, -0.2) is 32.3 Å². The van der Waals surface area contributed by atoms with Gasteiger partial charge < -0.3 is 10.1 Å². The van der Waals surface area contributed by atoms with Crippen LogP contribution in [0, 0.1) is 5.92 Å². The molecule has 3 aliphatic rings. The highest BCUT2D eigenvalue weighted by Gasteiger charge is 2.57. The zero-order valence-electron chi connectivity index (χ0n) is 10.2. The minimum Gasteiger partial charge on any atom is -0.447 e. The van der Waals surface area contributed by atoms with Crippen LogP contribution < -0.4 is 10.2 Å². The van der Waals surface area contributed by atoms with Crippen LogP contribution in [0.1, 0.15) is 12.0 Å². The average molecular weight is 244 g/mol. The van der Waals surface area contributed by atoms with Crippen LogP contribution in [0.25, 0.3) is 0 Å². The van der Waals surface area contributed by atoms with Gasteiger partial charge >= 0.3 is 6.09 Å². The molecule has 1 aromatic rings. The van der Waals surface area contributed by atoms with E-state index in [1.807, 2.05) is 12.1 Å². The van der Waals surface area contributed by atoms with Gasteiger partial charge in [-0.15, -0.1) is 0 Å². The molecule has 1 aliphatic carbocycles. The largest absolute Gasteiger partial charge is 0.447 e. The van der Waals surface area contributed by atoms with E-state index < -0.39 is 0 Å². The van der Waals surface area contributed by atoms with Crippen molar-refractivity contribution in [3.63, 3.8) is 0 Å². The van der Waals surface area contributed by atoms with Gasteiger partial charge in [-0.2, -0.15) is 0 Å². The van der Waals surface area contributed by atoms with Crippen molar-refractivity contribution in [2.24, 2.45) is 5.92 Å². The highest BCUT2D eigenvalue weighted by atomic mass is 16.6. The van der Waals surface area contributed by atoms with Crippen molar-refractivity contribution in [1.82, 2.24) is 5.32 Å². The number of hydrogen-bond acceptors (Lipinski definition) is 3. The molecule has 2 atom stereocenters. The molecule has 2 aliphatic heterocycles. The molecular formula is C14H16N2O2. The predicted octanol–water partition coefficient (Wildman–Crippen LogP) is 1.50. The monoisotopic (exact) mass is 244 g/mol. The molecule has 2 saturated heterocycles. The number of amides is 1. The zero-order chi connectivity index (χ0) is 12.2. The molecular weight excluding hydrogens is 228 g/mol. The van der Waals surface area contributed by atoms with Crippen LogP contribution in [0.3, 0.4) is 0 Å². The van der Waals surface area contributed by atoms with Crippen molar-refractivity contribution in [3.05, 3.63) is 29.8 Å². The van der Waals surface area contributed by atoms with Gasteiger partial charge in [0.1, 0.15) is 6.61 Å². The first kappa shape index (κ1) is 10.4. The number of piperidine rings is 1. The van der Waals surface area contributed by atoms with E-state index in [4.69, 9.17) is 4.74 Å². The van der Waals surface area contributed by atoms with Crippen molar-refractivity contribution in [3.8, 4) is 0 Å². The Morgan fingerprint density at radius 1 is 1.33 bits per heavy atom. The molecule has 4 rings (SSSR count). The van der Waals surface area contributed by atoms with Crippen LogP contribution in [0.15, 0.2) is 24.3 Å². The summed E-state index contributed by atoms with van der Waals surface area (Å²) in [4.78, 5) is 13.2. The first-order chi connectivity index (χ1) is 8.79. The van der Waals surface area contributed by atoms with Gasteiger partial charge in [-0.05, 0) is 36.6 Å². The number of ether oxygens (including phenoxy) is 1. The predicted molar refractivity (Wildman–Crippen MR) is 67.8 cm³/mol. The maximum absolute atomic E-state index is 11.5. The lowest BCUT2D eigenvalue weighted by Gasteiger charge is -2.16. The fourth-order valence-corrected chi connectivity index (χ4v) is 3.39. The van der Waals surface area contributed by atoms with E-state index >= 15 is 0 Å². The summed E-state index contributed by atoms with van der Waals surface area (Å²) in [7, 11) is 0. The van der Waals surface area contributed by atoms with Gasteiger partial charge in [0.15, 0.2) is 0 Å². The summed E-state index contributed by atoms with van der Waals surface area (Å²) in [6.45, 7) is 3.41. The maximum Gasteiger partial charge on any atom is 0.414 e. The third-order valence-corrected chi connectivity index (χ3v) is 4.58. The number of benzene rings is 1. The summed E-state index contributed by atoms with van der Waals surface area (Å²) in [5, 5.41) is 3.45. The SMILES string of the molecule is O=C1OCCN1c1ccc([C@]23CNCC2C3)cc1. The third-order valence-electron chi connectivity index (χ3n) is 4.58. The Balaban J connectivity index is 1.60. The average Bonchev–Trinajstić information content (AvgIpc) is 2.74. The Kier molecular flexibility index (Phi) is 2.01. The summed E-state index contributed by atoms with van der Waals surface area (Å²) in [6.07, 6.45) is 1.08. The van der Waals surface area contributed by atoms with Gasteiger partial charge in [0, 0.05) is 17.6 Å². The zero-order valence-corrected chi connectivity index (χ0v) is 10.2. The van der Waals surface area contributed by atoms with Gasteiger partial charge in [-0.1, -0.05) is 12.1 Å². The molecule has 4 heteroatoms. The highest BCUT2D eigenvalue weighted by Crippen LogP contribution is 2.56. The number of carbonyl (C=O) groups excluding carboxylic acids is 1. The van der Waals surface area contributed by atoms with Gasteiger partial charge in [0.2, 0.25) is 0 Å². The number of anilines is 1. The number of carbonyl (C=O) groups is 1. The standard InChI is InChI=1S/C14H16N2O2/c17-13-16(5-6-18-13)12-3-1-10(2-4-12)14-7-11(14)8-15-9-14/h1-4,11,15H,5-9H2/t11?,14-/m0/s1. The maximum atomic E-state index is 11.5. The first-order valence-electron chi connectivity index (χ1n) is 6.55. The van der Waals surface area contributed by atoms with Gasteiger partial charge in [-0.25, -0.2) is 4.79 Å². The molecule has 0 spiro atoms. The lowest BCUT2D eigenvalue weighted by molar-refractivity contribution is 0.181. The number of nitrogens with one attached hydrogen (secondary N) is 1. The van der Waals surface area contributed by atoms with Crippen LogP contribution in [0.5, 0.6) is 0 Å². The Labute approximate surface area is 106 Å². The molecule has 1 amide bonds. The van der Waals surface area contributed by atoms with Gasteiger partial charge in [0.05, 0.1) is 6.54 Å². The molecule has 2 heterocycles. The molecule has 1 aromatic carbocycles. The van der Waals surface area contributed by atoms with Crippen molar-refractivity contribution >= 4 is 11.8 Å². The molecule has 94 valence electrons. The number of cyclic esters (lactones) is 1. The fourth-order valence-electron chi connectivity index (χ4n) is 3.39. The van der Waals surface area contributed by atoms with E-state index in [1.54, 1.807) is 4.90 Å². The Morgan fingerprint density at radius 2 is 2.17 bits per heavy atom. The highest BCUT2D eigenvalue weighted by molar-refractivity contribution is 5.89. The quantitative estimate of drug-likeness (QED) is 0.857. The van der Waals surface area contributed by atoms with Crippen LogP contribution in [0.4, 0.5) is 10.5 Å². The summed E-state index contributed by atoms with van der Waals surface area (Å²) in [5.74, 6) is 0.820. The van der Waals surface area contributed by atoms with E-state index in [-0.39, 0.29) is 6.09 Å². The Hall–Kier alpha value is -1.55. The number of fused-ring (bicyclic) bond motifs is 1. The van der Waals surface area contributed by atoms with E-state index in [9.17, 15) is 4.79 Å². The van der Waals surface area contributed by atoms with Crippen molar-refractivity contribution in [2.75, 3.05) is 31.1 Å². The van der Waals surface area contributed by atoms with Crippen LogP contribution >= 0.6 is 0 Å². The molecule has 4 nitrogen and oxygen atoms in total. The second-order valence-electron chi connectivity index (χ2n) is 5.50. The summed E-state index contributed by atoms with van der Waals surface area (Å²) in [5.41, 5.74) is 2.75.